The van der Waals surface area contributed by atoms with Crippen LogP contribution >= 0.6 is 12.2 Å². The summed E-state index contributed by atoms with van der Waals surface area (Å²) in [6.07, 6.45) is 0. The van der Waals surface area contributed by atoms with E-state index in [0.29, 0.717) is 0 Å². The van der Waals surface area contributed by atoms with Crippen molar-refractivity contribution >= 4 is 24.2 Å². The zero-order chi connectivity index (χ0) is 4.12. The van der Waals surface area contributed by atoms with Crippen molar-refractivity contribution in [2.75, 3.05) is 0 Å². The van der Waals surface area contributed by atoms with Crippen LogP contribution in [-0.2, 0) is 31.9 Å². The van der Waals surface area contributed by atoms with Gasteiger partial charge in [0.15, 0.2) is 6.47 Å². The Balaban J connectivity index is 0. The summed E-state index contributed by atoms with van der Waals surface area (Å²) >= 11 is 4.04. The molecule has 0 saturated heterocycles. The van der Waals surface area contributed by atoms with Gasteiger partial charge in [-0.3, -0.25) is 0 Å². The molecule has 38 valence electrons. The molecule has 0 aromatic heterocycles. The van der Waals surface area contributed by atoms with E-state index in [4.69, 9.17) is 4.79 Å². The smallest absolute Gasteiger partial charge is 0.607 e. The average molecular weight is 197 g/mol. The van der Waals surface area contributed by atoms with Crippen LogP contribution in [-0.4, -0.2) is 12.0 Å². The van der Waals surface area contributed by atoms with Gasteiger partial charge in [0.2, 0.25) is 0 Å². The molecule has 0 N–H and O–H groups in total. The first-order valence-electron chi connectivity index (χ1n) is 0.880. The zero-order valence-electron chi connectivity index (χ0n) is 2.60. The molecule has 0 radical (unpaired) electrons. The third-order valence-corrected chi connectivity index (χ3v) is 0.192. The van der Waals surface area contributed by atoms with Gasteiger partial charge < -0.3 is 9.53 Å². The van der Waals surface area contributed by atoms with E-state index in [-0.39, 0.29) is 22.4 Å². The molecule has 0 unspecified atom stereocenters. The van der Waals surface area contributed by atoms with Crippen molar-refractivity contribution in [2.24, 2.45) is 0 Å². The fourth-order valence-corrected chi connectivity index (χ4v) is 0.0589. The first kappa shape index (κ1) is 9.57. The molecule has 0 fully saturated rings. The fourth-order valence-electron chi connectivity index (χ4n) is 0.0196. The Morgan fingerprint density at radius 3 is 2.33 bits per heavy atom. The molecule has 0 spiro atoms. The molecule has 0 bridgehead atoms. The molecule has 0 atom stereocenters. The second kappa shape index (κ2) is 9.00. The maximum Gasteiger partial charge on any atom is 1.00 e. The number of ether oxygens (including phenoxy) is 1. The Morgan fingerprint density at radius 2 is 2.33 bits per heavy atom. The van der Waals surface area contributed by atoms with E-state index < -0.39 is 0 Å². The molecule has 4 heteroatoms. The third-order valence-electron chi connectivity index (χ3n) is 0.0962. The quantitative estimate of drug-likeness (QED) is 0.354. The minimum Gasteiger partial charge on any atom is -0.607 e. The van der Waals surface area contributed by atoms with Crippen LogP contribution in [0.2, 0.25) is 0 Å². The van der Waals surface area contributed by atoms with Gasteiger partial charge in [0.05, 0.1) is 0 Å². The number of thiocarbonyl (C=S) groups is 1. The van der Waals surface area contributed by atoms with Crippen LogP contribution in [0.5, 0.6) is 0 Å². The Kier molecular flexibility index (Phi) is 14.4. The predicted octanol–water partition coefficient (Wildman–Crippen LogP) is 0.0249. The standard InChI is InChI=1S/C2HO2S.Ag/c3-1-4-2-5;/h2H;/q-1;+1. The third kappa shape index (κ3) is 8.85. The maximum atomic E-state index is 8.96. The van der Waals surface area contributed by atoms with Gasteiger partial charge in [0, 0.05) is 0 Å². The molecule has 0 aliphatic carbocycles. The summed E-state index contributed by atoms with van der Waals surface area (Å²) in [5, 5.41) is 0. The number of rotatable bonds is 2. The van der Waals surface area contributed by atoms with E-state index in [2.05, 4.69) is 17.0 Å². The molecular weight excluding hydrogens is 196 g/mol. The molecule has 0 amide bonds. The molecule has 0 saturated carbocycles. The first-order chi connectivity index (χ1) is 2.41. The van der Waals surface area contributed by atoms with Gasteiger partial charge in [-0.05, 0) is 5.55 Å². The molecule has 0 aliphatic heterocycles. The van der Waals surface area contributed by atoms with Crippen LogP contribution in [0.15, 0.2) is 0 Å². The van der Waals surface area contributed by atoms with E-state index in [1.165, 1.54) is 0 Å². The predicted molar refractivity (Wildman–Crippen MR) is 20.4 cm³/mol. The topological polar surface area (TPSA) is 26.3 Å². The van der Waals surface area contributed by atoms with Crippen LogP contribution < -0.4 is 0 Å². The number of carbonyl (C=O) groups excluding carboxylic acids is 1. The fraction of sp³-hybridized carbons (Fsp3) is 0. The summed E-state index contributed by atoms with van der Waals surface area (Å²) in [6, 6.07) is 0. The second-order valence-corrected chi connectivity index (χ2v) is 0.490. The molecular formula is C2HAgO2S. The van der Waals surface area contributed by atoms with Crippen molar-refractivity contribution in [1.29, 1.82) is 0 Å². The van der Waals surface area contributed by atoms with E-state index in [1.54, 1.807) is 0 Å². The summed E-state index contributed by atoms with van der Waals surface area (Å²) in [6.45, 7) is 1.11. The van der Waals surface area contributed by atoms with Gasteiger partial charge in [-0.1, -0.05) is 0 Å². The van der Waals surface area contributed by atoms with Crippen LogP contribution in [0.4, 0.5) is 0 Å². The van der Waals surface area contributed by atoms with Crippen LogP contribution in [0, 0.1) is 0 Å². The molecule has 0 aromatic carbocycles. The number of hydrogen-bond acceptors (Lipinski definition) is 3. The SMILES string of the molecule is O=[C-]OC=S.[Ag+]. The van der Waals surface area contributed by atoms with Gasteiger partial charge in [-0.25, -0.2) is 0 Å². The number of hydrogen-bond donors (Lipinski definition) is 0. The van der Waals surface area contributed by atoms with Crippen molar-refractivity contribution in [3.63, 3.8) is 0 Å². The molecule has 0 rings (SSSR count). The zero-order valence-corrected chi connectivity index (χ0v) is 4.90. The first-order valence-corrected chi connectivity index (χ1v) is 1.35. The maximum absolute atomic E-state index is 8.96. The van der Waals surface area contributed by atoms with Crippen molar-refractivity contribution in [1.82, 2.24) is 0 Å². The van der Waals surface area contributed by atoms with Crippen LogP contribution in [0.1, 0.15) is 0 Å². The second-order valence-electron chi connectivity index (χ2n) is 0.297. The van der Waals surface area contributed by atoms with Gasteiger partial charge in [0.25, 0.3) is 0 Å². The van der Waals surface area contributed by atoms with E-state index >= 15 is 0 Å². The minimum atomic E-state index is 0. The summed E-state index contributed by atoms with van der Waals surface area (Å²) in [7, 11) is 0. The van der Waals surface area contributed by atoms with Crippen molar-refractivity contribution in [2.45, 2.75) is 0 Å². The molecule has 0 aromatic rings. The van der Waals surface area contributed by atoms with Gasteiger partial charge in [0.1, 0.15) is 0 Å². The van der Waals surface area contributed by atoms with Crippen LogP contribution in [0.25, 0.3) is 0 Å². The Morgan fingerprint density at radius 1 is 1.83 bits per heavy atom. The van der Waals surface area contributed by atoms with Gasteiger partial charge in [-0.2, -0.15) is 12.2 Å². The Labute approximate surface area is 56.4 Å². The Hall–Kier alpha value is 0.300. The molecule has 0 aliphatic rings. The normalized spacial score (nSPS) is 4.67. The van der Waals surface area contributed by atoms with E-state index in [0.717, 1.165) is 12.0 Å². The summed E-state index contributed by atoms with van der Waals surface area (Å²) < 4.78 is 3.72. The van der Waals surface area contributed by atoms with E-state index in [9.17, 15) is 0 Å². The van der Waals surface area contributed by atoms with Crippen LogP contribution in [0.3, 0.4) is 0 Å². The molecule has 2 nitrogen and oxygen atoms in total. The summed E-state index contributed by atoms with van der Waals surface area (Å²) in [4.78, 5) is 8.96. The van der Waals surface area contributed by atoms with Crippen molar-refractivity contribution in [3.05, 3.63) is 0 Å². The largest absolute Gasteiger partial charge is 1.00 e. The minimum absolute atomic E-state index is 0. The van der Waals surface area contributed by atoms with Gasteiger partial charge >= 0.3 is 22.4 Å². The van der Waals surface area contributed by atoms with Gasteiger partial charge in [-0.15, -0.1) is 0 Å². The summed E-state index contributed by atoms with van der Waals surface area (Å²) in [5.41, 5.74) is 0.840. The monoisotopic (exact) mass is 196 g/mol. The van der Waals surface area contributed by atoms with Crippen molar-refractivity contribution in [3.8, 4) is 0 Å². The van der Waals surface area contributed by atoms with E-state index in [1.807, 2.05) is 0 Å². The molecule has 0 heterocycles. The molecule has 6 heavy (non-hydrogen) atoms. The Bertz CT molecular complexity index is 40.8. The van der Waals surface area contributed by atoms with Crippen molar-refractivity contribution < 1.29 is 31.9 Å². The average Bonchev–Trinajstić information content (AvgIpc) is 1.41. The summed E-state index contributed by atoms with van der Waals surface area (Å²) in [5.74, 6) is 0.